The fourth-order valence-electron chi connectivity index (χ4n) is 5.85. The molecule has 1 amide bonds. The Bertz CT molecular complexity index is 848. The van der Waals surface area contributed by atoms with Gasteiger partial charge in [-0.2, -0.15) is 5.10 Å². The number of hydrogen-bond acceptors (Lipinski definition) is 5. The zero-order valence-corrected chi connectivity index (χ0v) is 14.6. The number of rotatable bonds is 4. The van der Waals surface area contributed by atoms with Gasteiger partial charge in [0, 0.05) is 31.0 Å². The van der Waals surface area contributed by atoms with Gasteiger partial charge in [0.05, 0.1) is 11.8 Å². The fourth-order valence-corrected chi connectivity index (χ4v) is 5.85. The lowest BCUT2D eigenvalue weighted by Crippen LogP contribution is -2.61. The van der Waals surface area contributed by atoms with Gasteiger partial charge in [0.2, 0.25) is 0 Å². The van der Waals surface area contributed by atoms with E-state index in [2.05, 4.69) is 15.4 Å². The van der Waals surface area contributed by atoms with Gasteiger partial charge in [0.15, 0.2) is 5.65 Å². The third-order valence-corrected chi connectivity index (χ3v) is 6.63. The minimum atomic E-state index is -0.497. The van der Waals surface area contributed by atoms with Crippen LogP contribution in [0.1, 0.15) is 48.2 Å². The molecule has 2 aromatic rings. The van der Waals surface area contributed by atoms with Crippen LogP contribution in [-0.4, -0.2) is 49.0 Å². The van der Waals surface area contributed by atoms with Gasteiger partial charge >= 0.3 is 0 Å². The number of nitrogens with zero attached hydrogens (tertiary/aromatic N) is 3. The lowest BCUT2D eigenvalue weighted by Gasteiger charge is -2.58. The Balaban J connectivity index is 1.40. The smallest absolute Gasteiger partial charge is 0.257 e. The normalized spacial score (nSPS) is 35.2. The fraction of sp³-hybridized carbons (Fsp3) is 0.632. The van der Waals surface area contributed by atoms with E-state index in [-0.39, 0.29) is 18.6 Å². The van der Waals surface area contributed by atoms with Gasteiger partial charge in [-0.15, -0.1) is 0 Å². The molecule has 4 bridgehead atoms. The third kappa shape index (κ3) is 2.45. The van der Waals surface area contributed by atoms with Crippen LogP contribution >= 0.6 is 0 Å². The molecular formula is C19H24N4O3. The second-order valence-corrected chi connectivity index (χ2v) is 8.40. The first kappa shape index (κ1) is 16.2. The largest absolute Gasteiger partial charge is 0.396 e. The predicted molar refractivity (Wildman–Crippen MR) is 93.5 cm³/mol. The second kappa shape index (κ2) is 5.76. The van der Waals surface area contributed by atoms with Gasteiger partial charge in [0.1, 0.15) is 5.56 Å². The van der Waals surface area contributed by atoms with E-state index in [0.29, 0.717) is 35.4 Å². The molecular weight excluding hydrogens is 332 g/mol. The molecule has 0 aromatic carbocycles. The van der Waals surface area contributed by atoms with Crippen LogP contribution in [0.15, 0.2) is 18.5 Å². The first-order valence-electron chi connectivity index (χ1n) is 9.52. The van der Waals surface area contributed by atoms with Crippen molar-refractivity contribution in [3.05, 3.63) is 29.7 Å². The van der Waals surface area contributed by atoms with Crippen LogP contribution in [0, 0.1) is 17.8 Å². The van der Waals surface area contributed by atoms with Gasteiger partial charge in [-0.05, 0) is 55.9 Å². The molecule has 2 unspecified atom stereocenters. The van der Waals surface area contributed by atoms with Gasteiger partial charge in [-0.25, -0.2) is 9.50 Å². The van der Waals surface area contributed by atoms with Crippen molar-refractivity contribution in [2.45, 2.75) is 50.2 Å². The van der Waals surface area contributed by atoms with Crippen molar-refractivity contribution >= 4 is 11.6 Å². The van der Waals surface area contributed by atoms with Crippen LogP contribution in [0.25, 0.3) is 5.65 Å². The Morgan fingerprint density at radius 3 is 2.77 bits per heavy atom. The number of amides is 1. The van der Waals surface area contributed by atoms with E-state index in [1.54, 1.807) is 23.0 Å². The molecule has 2 aromatic heterocycles. The van der Waals surface area contributed by atoms with E-state index in [0.717, 1.165) is 37.8 Å². The highest BCUT2D eigenvalue weighted by molar-refractivity contribution is 5.99. The summed E-state index contributed by atoms with van der Waals surface area (Å²) in [5, 5.41) is 27.4. The minimum Gasteiger partial charge on any atom is -0.396 e. The van der Waals surface area contributed by atoms with Crippen molar-refractivity contribution < 1.29 is 15.0 Å². The van der Waals surface area contributed by atoms with Crippen LogP contribution in [0.3, 0.4) is 0 Å². The average molecular weight is 356 g/mol. The minimum absolute atomic E-state index is 0.0238. The van der Waals surface area contributed by atoms with E-state index in [1.165, 1.54) is 0 Å². The van der Waals surface area contributed by atoms with Gasteiger partial charge in [-0.1, -0.05) is 0 Å². The van der Waals surface area contributed by atoms with E-state index >= 15 is 0 Å². The molecule has 0 aliphatic heterocycles. The Labute approximate surface area is 151 Å². The Morgan fingerprint density at radius 2 is 2.08 bits per heavy atom. The number of fused-ring (bicyclic) bond motifs is 1. The van der Waals surface area contributed by atoms with E-state index < -0.39 is 5.60 Å². The van der Waals surface area contributed by atoms with E-state index in [4.69, 9.17) is 0 Å². The maximum Gasteiger partial charge on any atom is 0.257 e. The summed E-state index contributed by atoms with van der Waals surface area (Å²) in [6.07, 6.45) is 8.44. The van der Waals surface area contributed by atoms with Crippen molar-refractivity contribution in [2.75, 3.05) is 6.61 Å². The maximum atomic E-state index is 12.9. The van der Waals surface area contributed by atoms with E-state index in [9.17, 15) is 15.0 Å². The molecule has 4 aliphatic rings. The number of aromatic nitrogens is 3. The molecule has 7 heteroatoms. The van der Waals surface area contributed by atoms with Crippen molar-refractivity contribution in [1.82, 2.24) is 19.9 Å². The summed E-state index contributed by atoms with van der Waals surface area (Å²) in [7, 11) is 0. The summed E-state index contributed by atoms with van der Waals surface area (Å²) in [6, 6.07) is 1.94. The molecule has 0 spiro atoms. The monoisotopic (exact) mass is 356 g/mol. The summed E-state index contributed by atoms with van der Waals surface area (Å²) in [6.45, 7) is 0.0238. The van der Waals surface area contributed by atoms with Crippen molar-refractivity contribution in [2.24, 2.45) is 17.8 Å². The number of carbonyl (C=O) groups is 1. The molecule has 4 aliphatic carbocycles. The first-order valence-corrected chi connectivity index (χ1v) is 9.52. The number of carbonyl (C=O) groups excluding carboxylic acids is 1. The third-order valence-electron chi connectivity index (χ3n) is 6.63. The lowest BCUT2D eigenvalue weighted by molar-refractivity contribution is -0.136. The number of aliphatic hydroxyl groups excluding tert-OH is 1. The molecule has 2 heterocycles. The number of nitrogens with one attached hydrogen (secondary N) is 1. The highest BCUT2D eigenvalue weighted by Crippen LogP contribution is 2.55. The van der Waals surface area contributed by atoms with Crippen LogP contribution < -0.4 is 5.32 Å². The summed E-state index contributed by atoms with van der Waals surface area (Å²) >= 11 is 0. The molecule has 26 heavy (non-hydrogen) atoms. The number of aliphatic hydroxyl groups is 2. The topological polar surface area (TPSA) is 99.8 Å². The quantitative estimate of drug-likeness (QED) is 0.757. The molecule has 2 atom stereocenters. The summed E-state index contributed by atoms with van der Waals surface area (Å²) in [5.74, 6) is 1.22. The highest BCUT2D eigenvalue weighted by atomic mass is 16.3. The standard InChI is InChI=1S/C19H24N4O3/c24-4-2-14-1-3-20-17-15(10-21-23(14)17)18(25)22-16-12-5-11-6-13(16)9-19(26,7-11)8-12/h1,3,10-13,16,24,26H,2,4-9H2,(H,22,25). The van der Waals surface area contributed by atoms with Crippen LogP contribution in [-0.2, 0) is 6.42 Å². The Hall–Kier alpha value is -1.99. The van der Waals surface area contributed by atoms with Gasteiger partial charge in [-0.3, -0.25) is 4.79 Å². The summed E-state index contributed by atoms with van der Waals surface area (Å²) in [4.78, 5) is 17.3. The lowest BCUT2D eigenvalue weighted by atomic mass is 9.52. The molecule has 138 valence electrons. The second-order valence-electron chi connectivity index (χ2n) is 8.40. The Kier molecular flexibility index (Phi) is 3.59. The Morgan fingerprint density at radius 1 is 1.31 bits per heavy atom. The van der Waals surface area contributed by atoms with Gasteiger partial charge in [0.25, 0.3) is 5.91 Å². The first-order chi connectivity index (χ1) is 12.6. The van der Waals surface area contributed by atoms with Crippen molar-refractivity contribution in [3.63, 3.8) is 0 Å². The van der Waals surface area contributed by atoms with E-state index in [1.807, 2.05) is 0 Å². The SMILES string of the molecule is O=C(NC1C2CC3CC1CC(O)(C3)C2)c1cnn2c(CCO)ccnc12. The molecule has 0 radical (unpaired) electrons. The maximum absolute atomic E-state index is 12.9. The summed E-state index contributed by atoms with van der Waals surface area (Å²) in [5.41, 5.74) is 1.32. The summed E-state index contributed by atoms with van der Waals surface area (Å²) < 4.78 is 1.63. The molecule has 4 fully saturated rings. The predicted octanol–water partition coefficient (Wildman–Crippen LogP) is 0.933. The zero-order chi connectivity index (χ0) is 17.9. The molecule has 3 N–H and O–H groups in total. The highest BCUT2D eigenvalue weighted by Gasteiger charge is 2.55. The molecule has 6 rings (SSSR count). The van der Waals surface area contributed by atoms with Crippen LogP contribution in [0.5, 0.6) is 0 Å². The van der Waals surface area contributed by atoms with Gasteiger partial charge < -0.3 is 15.5 Å². The average Bonchev–Trinajstić information content (AvgIpc) is 3.02. The number of hydrogen-bond donors (Lipinski definition) is 3. The zero-order valence-electron chi connectivity index (χ0n) is 14.6. The van der Waals surface area contributed by atoms with Crippen LogP contribution in [0.4, 0.5) is 0 Å². The molecule has 4 saturated carbocycles. The molecule has 7 nitrogen and oxygen atoms in total. The van der Waals surface area contributed by atoms with Crippen molar-refractivity contribution in [1.29, 1.82) is 0 Å². The van der Waals surface area contributed by atoms with Crippen LogP contribution in [0.2, 0.25) is 0 Å². The van der Waals surface area contributed by atoms with Crippen molar-refractivity contribution in [3.8, 4) is 0 Å². The molecule has 0 saturated heterocycles.